The maximum Gasteiger partial charge on any atom is 0.365 e. The first-order valence-electron chi connectivity index (χ1n) is 4.96. The van der Waals surface area contributed by atoms with Crippen LogP contribution in [0.15, 0.2) is 29.3 Å². The molecule has 1 heterocycles. The molecule has 98 valence electrons. The number of nitrogens with zero attached hydrogens (tertiary/aromatic N) is 3. The van der Waals surface area contributed by atoms with Crippen molar-refractivity contribution in [1.29, 1.82) is 5.26 Å². The Labute approximate surface area is 109 Å². The lowest BCUT2D eigenvalue weighted by molar-refractivity contribution is -0.141. The normalized spacial score (nSPS) is 11.8. The van der Waals surface area contributed by atoms with E-state index < -0.39 is 18.2 Å². The van der Waals surface area contributed by atoms with Crippen LogP contribution in [0.1, 0.15) is 5.82 Å². The van der Waals surface area contributed by atoms with E-state index in [0.717, 1.165) is 0 Å². The van der Waals surface area contributed by atoms with Crippen LogP contribution in [0, 0.1) is 10.7 Å². The van der Waals surface area contributed by atoms with E-state index in [9.17, 15) is 17.6 Å². The Morgan fingerprint density at radius 1 is 1.21 bits per heavy atom. The number of rotatable bonds is 3. The number of aromatic nitrogens is 2. The number of alkyl halides is 4. The molecule has 1 aromatic heterocycles. The molecule has 2 aromatic rings. The summed E-state index contributed by atoms with van der Waals surface area (Å²) in [5.41, 5.74) is 0.0885. The second-order valence-corrected chi connectivity index (χ2v) is 4.26. The third-order valence-corrected chi connectivity index (χ3v) is 2.88. The van der Waals surface area contributed by atoms with E-state index in [0.29, 0.717) is 17.1 Å². The van der Waals surface area contributed by atoms with Gasteiger partial charge in [0.25, 0.3) is 0 Å². The number of hydrogen-bond donors (Lipinski definition) is 0. The molecule has 0 N–H and O–H groups in total. The minimum Gasteiger partial charge on any atom is -0.227 e. The van der Waals surface area contributed by atoms with Crippen LogP contribution in [-0.4, -0.2) is 16.4 Å². The predicted molar refractivity (Wildman–Crippen MR) is 60.9 cm³/mol. The summed E-state index contributed by atoms with van der Waals surface area (Å²) in [6.07, 6.45) is -3.91. The molecule has 0 unspecified atom stereocenters. The summed E-state index contributed by atoms with van der Waals surface area (Å²) in [6, 6.07) is 6.06. The summed E-state index contributed by atoms with van der Waals surface area (Å²) in [6.45, 7) is 0. The van der Waals surface area contributed by atoms with Gasteiger partial charge < -0.3 is 0 Å². The molecule has 0 atom stereocenters. The van der Waals surface area contributed by atoms with Crippen molar-refractivity contribution in [2.45, 2.75) is 17.4 Å². The molecule has 19 heavy (non-hydrogen) atoms. The largest absolute Gasteiger partial charge is 0.365 e. The Morgan fingerprint density at radius 3 is 2.53 bits per heavy atom. The van der Waals surface area contributed by atoms with Crippen molar-refractivity contribution in [1.82, 2.24) is 9.97 Å². The van der Waals surface area contributed by atoms with Crippen LogP contribution in [0.3, 0.4) is 0 Å². The monoisotopic (exact) mass is 287 g/mol. The fourth-order valence-electron chi connectivity index (χ4n) is 1.42. The number of thioether (sulfide) groups is 1. The van der Waals surface area contributed by atoms with Crippen molar-refractivity contribution in [3.8, 4) is 5.40 Å². The fraction of sp³-hybridized carbons (Fsp3) is 0.182. The van der Waals surface area contributed by atoms with Crippen LogP contribution in [0.25, 0.3) is 10.9 Å². The lowest BCUT2D eigenvalue weighted by atomic mass is 10.2. The molecular weight excluding hydrogens is 282 g/mol. The smallest absolute Gasteiger partial charge is 0.227 e. The number of fused-ring (bicyclic) bond motifs is 1. The predicted octanol–water partition coefficient (Wildman–Crippen LogP) is 3.56. The summed E-state index contributed by atoms with van der Waals surface area (Å²) >= 11 is 0.523. The summed E-state index contributed by atoms with van der Waals surface area (Å²) in [5, 5.41) is 10.6. The van der Waals surface area contributed by atoms with Gasteiger partial charge in [-0.25, -0.2) is 18.7 Å². The van der Waals surface area contributed by atoms with Crippen molar-refractivity contribution in [2.24, 2.45) is 0 Å². The lowest BCUT2D eigenvalue weighted by Crippen LogP contribution is -2.26. The highest BCUT2D eigenvalue weighted by molar-refractivity contribution is 8.03. The summed E-state index contributed by atoms with van der Waals surface area (Å²) in [5.74, 6) is -5.73. The maximum absolute atomic E-state index is 13.3. The Kier molecular flexibility index (Phi) is 3.57. The van der Waals surface area contributed by atoms with Crippen LogP contribution in [-0.2, 0) is 5.92 Å². The van der Waals surface area contributed by atoms with Gasteiger partial charge in [0.1, 0.15) is 10.4 Å². The average Bonchev–Trinajstić information content (AvgIpc) is 2.38. The van der Waals surface area contributed by atoms with Crippen LogP contribution in [0.2, 0.25) is 0 Å². The van der Waals surface area contributed by atoms with Gasteiger partial charge in [0.15, 0.2) is 0 Å². The Bertz CT molecular complexity index is 654. The van der Waals surface area contributed by atoms with Gasteiger partial charge in [-0.2, -0.15) is 14.0 Å². The van der Waals surface area contributed by atoms with E-state index >= 15 is 0 Å². The van der Waals surface area contributed by atoms with Crippen LogP contribution in [0.5, 0.6) is 0 Å². The quantitative estimate of drug-likeness (QED) is 0.375. The van der Waals surface area contributed by atoms with Gasteiger partial charge in [0.2, 0.25) is 5.82 Å². The van der Waals surface area contributed by atoms with Gasteiger partial charge in [-0.05, 0) is 6.07 Å². The highest BCUT2D eigenvalue weighted by atomic mass is 32.2. The molecule has 0 aliphatic heterocycles. The average molecular weight is 287 g/mol. The third-order valence-electron chi connectivity index (χ3n) is 2.28. The van der Waals surface area contributed by atoms with Crippen LogP contribution >= 0.6 is 11.8 Å². The number of halogens is 4. The van der Waals surface area contributed by atoms with Crippen molar-refractivity contribution in [3.05, 3.63) is 30.1 Å². The zero-order valence-electron chi connectivity index (χ0n) is 9.15. The second kappa shape index (κ2) is 5.01. The highest BCUT2D eigenvalue weighted by Crippen LogP contribution is 2.35. The molecule has 0 amide bonds. The molecule has 3 nitrogen and oxygen atoms in total. The van der Waals surface area contributed by atoms with E-state index in [1.165, 1.54) is 18.2 Å². The first-order chi connectivity index (χ1) is 8.96. The lowest BCUT2D eigenvalue weighted by Gasteiger charge is -2.14. The SMILES string of the molecule is N#CSc1nc(C(F)(F)C(F)F)nc2ccccc12. The van der Waals surface area contributed by atoms with Gasteiger partial charge in [-0.1, -0.05) is 18.2 Å². The van der Waals surface area contributed by atoms with E-state index in [2.05, 4.69) is 9.97 Å². The molecule has 8 heteroatoms. The third kappa shape index (κ3) is 2.46. The minimum absolute atomic E-state index is 0.0663. The minimum atomic E-state index is -4.45. The van der Waals surface area contributed by atoms with Crippen molar-refractivity contribution >= 4 is 22.7 Å². The van der Waals surface area contributed by atoms with Crippen molar-refractivity contribution in [3.63, 3.8) is 0 Å². The van der Waals surface area contributed by atoms with Gasteiger partial charge in [-0.3, -0.25) is 0 Å². The van der Waals surface area contributed by atoms with E-state index in [-0.39, 0.29) is 10.5 Å². The van der Waals surface area contributed by atoms with Gasteiger partial charge in [-0.15, -0.1) is 0 Å². The molecule has 2 rings (SSSR count). The molecule has 0 radical (unpaired) electrons. The zero-order chi connectivity index (χ0) is 14.0. The Morgan fingerprint density at radius 2 is 1.89 bits per heavy atom. The van der Waals surface area contributed by atoms with Crippen molar-refractivity contribution < 1.29 is 17.6 Å². The van der Waals surface area contributed by atoms with Crippen LogP contribution in [0.4, 0.5) is 17.6 Å². The van der Waals surface area contributed by atoms with E-state index in [1.54, 1.807) is 11.5 Å². The summed E-state index contributed by atoms with van der Waals surface area (Å²) in [7, 11) is 0. The number of hydrogen-bond acceptors (Lipinski definition) is 4. The first-order valence-corrected chi connectivity index (χ1v) is 5.77. The molecule has 0 aliphatic carbocycles. The van der Waals surface area contributed by atoms with Crippen LogP contribution < -0.4 is 0 Å². The number of benzene rings is 1. The van der Waals surface area contributed by atoms with Gasteiger partial charge in [0, 0.05) is 17.1 Å². The Balaban J connectivity index is 2.69. The zero-order valence-corrected chi connectivity index (χ0v) is 9.96. The fourth-order valence-corrected chi connectivity index (χ4v) is 1.92. The Hall–Kier alpha value is -1.88. The first kappa shape index (κ1) is 13.5. The topological polar surface area (TPSA) is 49.6 Å². The second-order valence-electron chi connectivity index (χ2n) is 3.49. The van der Waals surface area contributed by atoms with Gasteiger partial charge >= 0.3 is 12.3 Å². The summed E-state index contributed by atoms with van der Waals surface area (Å²) in [4.78, 5) is 6.83. The molecule has 0 fully saturated rings. The molecule has 0 aliphatic rings. The number of nitriles is 1. The highest BCUT2D eigenvalue weighted by Gasteiger charge is 2.46. The molecule has 0 saturated carbocycles. The van der Waals surface area contributed by atoms with Gasteiger partial charge in [0.05, 0.1) is 5.52 Å². The van der Waals surface area contributed by atoms with E-state index in [1.807, 2.05) is 0 Å². The molecule has 0 spiro atoms. The molecule has 0 saturated heterocycles. The summed E-state index contributed by atoms with van der Waals surface area (Å²) < 4.78 is 51.1. The van der Waals surface area contributed by atoms with E-state index in [4.69, 9.17) is 5.26 Å². The standard InChI is InChI=1S/C11H5F4N3S/c12-9(13)11(14,15)10-17-7-4-2-1-3-6(7)8(18-10)19-5-16/h1-4,9H. The molecule has 1 aromatic carbocycles. The number of para-hydroxylation sites is 1. The maximum atomic E-state index is 13.3. The van der Waals surface area contributed by atoms with Crippen molar-refractivity contribution in [2.75, 3.05) is 0 Å². The number of thiocyanates is 1. The molecular formula is C11H5F4N3S. The molecule has 0 bridgehead atoms.